The van der Waals surface area contributed by atoms with Crippen LogP contribution in [0.25, 0.3) is 0 Å². The van der Waals surface area contributed by atoms with Crippen molar-refractivity contribution >= 4 is 11.5 Å². The summed E-state index contributed by atoms with van der Waals surface area (Å²) in [4.78, 5) is 14.1. The van der Waals surface area contributed by atoms with Crippen molar-refractivity contribution in [3.8, 4) is 5.75 Å². The number of aliphatic hydroxyl groups excluding tert-OH is 1. The highest BCUT2D eigenvalue weighted by atomic mass is 16.3. The molecule has 0 heterocycles. The molecule has 2 N–H and O–H groups in total. The van der Waals surface area contributed by atoms with E-state index in [0.717, 1.165) is 5.69 Å². The predicted octanol–water partition coefficient (Wildman–Crippen LogP) is 2.37. The number of phenols is 1. The summed E-state index contributed by atoms with van der Waals surface area (Å²) in [6.45, 7) is 0. The van der Waals surface area contributed by atoms with E-state index in [9.17, 15) is 15.0 Å². The first-order chi connectivity index (χ1) is 9.49. The molecule has 0 aliphatic rings. The van der Waals surface area contributed by atoms with Gasteiger partial charge in [0.25, 0.3) is 0 Å². The molecule has 0 amide bonds. The molecule has 0 bridgehead atoms. The van der Waals surface area contributed by atoms with Crippen LogP contribution >= 0.6 is 0 Å². The number of Topliss-reactive ketones (excluding diaryl/α,β-unsaturated/α-hetero) is 1. The topological polar surface area (TPSA) is 60.8 Å². The molecule has 1 unspecified atom stereocenters. The first-order valence-electron chi connectivity index (χ1n) is 6.27. The first-order valence-corrected chi connectivity index (χ1v) is 6.27. The molecular formula is C16H17NO3. The Kier molecular flexibility index (Phi) is 4.05. The van der Waals surface area contributed by atoms with Crippen molar-refractivity contribution in [2.24, 2.45) is 0 Å². The molecule has 104 valence electrons. The second-order valence-electron chi connectivity index (χ2n) is 4.80. The SMILES string of the molecule is CN(C)c1ccc(C(O)C(=O)c2ccc(O)cc2)cc1. The summed E-state index contributed by atoms with van der Waals surface area (Å²) in [5, 5.41) is 19.3. The number of aromatic hydroxyl groups is 1. The van der Waals surface area contributed by atoms with Gasteiger partial charge in [0.05, 0.1) is 0 Å². The van der Waals surface area contributed by atoms with Crippen molar-refractivity contribution in [1.82, 2.24) is 0 Å². The maximum atomic E-state index is 12.1. The molecule has 0 radical (unpaired) electrons. The lowest BCUT2D eigenvalue weighted by Crippen LogP contribution is -2.13. The van der Waals surface area contributed by atoms with Crippen molar-refractivity contribution in [1.29, 1.82) is 0 Å². The van der Waals surface area contributed by atoms with E-state index >= 15 is 0 Å². The summed E-state index contributed by atoms with van der Waals surface area (Å²) >= 11 is 0. The number of hydrogen-bond acceptors (Lipinski definition) is 4. The second-order valence-corrected chi connectivity index (χ2v) is 4.80. The van der Waals surface area contributed by atoms with Crippen LogP contribution in [0, 0.1) is 0 Å². The molecule has 0 saturated carbocycles. The summed E-state index contributed by atoms with van der Waals surface area (Å²) in [6.07, 6.45) is -1.20. The highest BCUT2D eigenvalue weighted by Crippen LogP contribution is 2.22. The molecule has 0 fully saturated rings. The van der Waals surface area contributed by atoms with Crippen LogP contribution in [0.2, 0.25) is 0 Å². The molecule has 0 spiro atoms. The third kappa shape index (κ3) is 2.97. The number of ketones is 1. The molecule has 0 aliphatic carbocycles. The number of carbonyl (C=O) groups is 1. The summed E-state index contributed by atoms with van der Waals surface area (Å²) in [5.41, 5.74) is 1.92. The Labute approximate surface area is 117 Å². The molecule has 0 aliphatic heterocycles. The van der Waals surface area contributed by atoms with Crippen molar-refractivity contribution < 1.29 is 15.0 Å². The molecule has 1 atom stereocenters. The number of hydrogen-bond donors (Lipinski definition) is 2. The van der Waals surface area contributed by atoms with Gasteiger partial charge >= 0.3 is 0 Å². The summed E-state index contributed by atoms with van der Waals surface area (Å²) in [6, 6.07) is 13.0. The normalized spacial score (nSPS) is 11.9. The van der Waals surface area contributed by atoms with E-state index in [4.69, 9.17) is 0 Å². The smallest absolute Gasteiger partial charge is 0.195 e. The summed E-state index contributed by atoms with van der Waals surface area (Å²) in [7, 11) is 3.85. The van der Waals surface area contributed by atoms with Crippen LogP contribution in [0.15, 0.2) is 48.5 Å². The number of aliphatic hydroxyl groups is 1. The molecule has 2 rings (SSSR count). The maximum Gasteiger partial charge on any atom is 0.195 e. The lowest BCUT2D eigenvalue weighted by Gasteiger charge is -2.14. The van der Waals surface area contributed by atoms with Crippen LogP contribution in [0.3, 0.4) is 0 Å². The highest BCUT2D eigenvalue weighted by molar-refractivity contribution is 5.99. The quantitative estimate of drug-likeness (QED) is 0.838. The highest BCUT2D eigenvalue weighted by Gasteiger charge is 2.19. The van der Waals surface area contributed by atoms with Gasteiger partial charge in [-0.3, -0.25) is 4.79 Å². The number of carbonyl (C=O) groups excluding carboxylic acids is 1. The molecule has 20 heavy (non-hydrogen) atoms. The molecular weight excluding hydrogens is 254 g/mol. The zero-order valence-electron chi connectivity index (χ0n) is 11.4. The predicted molar refractivity (Wildman–Crippen MR) is 78.2 cm³/mol. The maximum absolute atomic E-state index is 12.1. The van der Waals surface area contributed by atoms with Crippen LogP contribution in [0.5, 0.6) is 5.75 Å². The lowest BCUT2D eigenvalue weighted by atomic mass is 9.99. The van der Waals surface area contributed by atoms with Crippen molar-refractivity contribution in [2.75, 3.05) is 19.0 Å². The molecule has 2 aromatic carbocycles. The Morgan fingerprint density at radius 1 is 1.00 bits per heavy atom. The van der Waals surface area contributed by atoms with Gasteiger partial charge in [0.1, 0.15) is 11.9 Å². The molecule has 0 aromatic heterocycles. The van der Waals surface area contributed by atoms with Gasteiger partial charge < -0.3 is 15.1 Å². The van der Waals surface area contributed by atoms with Crippen LogP contribution in [0.1, 0.15) is 22.0 Å². The number of nitrogens with zero attached hydrogens (tertiary/aromatic N) is 1. The average molecular weight is 271 g/mol. The van der Waals surface area contributed by atoms with Crippen molar-refractivity contribution in [3.05, 3.63) is 59.7 Å². The van der Waals surface area contributed by atoms with E-state index in [0.29, 0.717) is 11.1 Å². The minimum Gasteiger partial charge on any atom is -0.508 e. The van der Waals surface area contributed by atoms with Gasteiger partial charge in [-0.2, -0.15) is 0 Å². The zero-order valence-corrected chi connectivity index (χ0v) is 11.4. The van der Waals surface area contributed by atoms with Gasteiger partial charge in [-0.15, -0.1) is 0 Å². The monoisotopic (exact) mass is 271 g/mol. The Bertz CT molecular complexity index is 588. The van der Waals surface area contributed by atoms with Crippen LogP contribution in [-0.2, 0) is 0 Å². The van der Waals surface area contributed by atoms with Gasteiger partial charge in [-0.25, -0.2) is 0 Å². The van der Waals surface area contributed by atoms with Crippen molar-refractivity contribution in [2.45, 2.75) is 6.10 Å². The third-order valence-electron chi connectivity index (χ3n) is 3.13. The Morgan fingerprint density at radius 3 is 2.05 bits per heavy atom. The standard InChI is InChI=1S/C16H17NO3/c1-17(2)13-7-3-11(4-8-13)15(19)16(20)12-5-9-14(18)10-6-12/h3-10,15,18-19H,1-2H3. The molecule has 0 saturated heterocycles. The van der Waals surface area contributed by atoms with E-state index in [2.05, 4.69) is 0 Å². The van der Waals surface area contributed by atoms with Gasteiger partial charge in [0.15, 0.2) is 5.78 Å². The molecule has 4 heteroatoms. The molecule has 2 aromatic rings. The van der Waals surface area contributed by atoms with Gasteiger partial charge in [-0.05, 0) is 42.0 Å². The fraction of sp³-hybridized carbons (Fsp3) is 0.188. The third-order valence-corrected chi connectivity index (χ3v) is 3.13. The Morgan fingerprint density at radius 2 is 1.55 bits per heavy atom. The van der Waals surface area contributed by atoms with Gasteiger partial charge in [0, 0.05) is 25.3 Å². The van der Waals surface area contributed by atoms with E-state index in [1.165, 1.54) is 24.3 Å². The van der Waals surface area contributed by atoms with Gasteiger partial charge in [0.2, 0.25) is 0 Å². The van der Waals surface area contributed by atoms with Crippen LogP contribution in [-0.4, -0.2) is 30.1 Å². The van der Waals surface area contributed by atoms with E-state index in [1.807, 2.05) is 31.1 Å². The van der Waals surface area contributed by atoms with Crippen LogP contribution in [0.4, 0.5) is 5.69 Å². The lowest BCUT2D eigenvalue weighted by molar-refractivity contribution is 0.0747. The summed E-state index contributed by atoms with van der Waals surface area (Å²) < 4.78 is 0. The molecule has 4 nitrogen and oxygen atoms in total. The van der Waals surface area contributed by atoms with E-state index in [1.54, 1.807) is 12.1 Å². The fourth-order valence-electron chi connectivity index (χ4n) is 1.89. The minimum atomic E-state index is -1.20. The Balaban J connectivity index is 2.19. The van der Waals surface area contributed by atoms with Crippen LogP contribution < -0.4 is 4.90 Å². The van der Waals surface area contributed by atoms with Gasteiger partial charge in [-0.1, -0.05) is 12.1 Å². The number of rotatable bonds is 4. The fourth-order valence-corrected chi connectivity index (χ4v) is 1.89. The Hall–Kier alpha value is -2.33. The van der Waals surface area contributed by atoms with E-state index < -0.39 is 6.10 Å². The number of anilines is 1. The largest absolute Gasteiger partial charge is 0.508 e. The number of phenolic OH excluding ortho intramolecular Hbond substituents is 1. The minimum absolute atomic E-state index is 0.0892. The first kappa shape index (κ1) is 14.1. The van der Waals surface area contributed by atoms with Crippen molar-refractivity contribution in [3.63, 3.8) is 0 Å². The zero-order chi connectivity index (χ0) is 14.7. The average Bonchev–Trinajstić information content (AvgIpc) is 2.46. The summed E-state index contributed by atoms with van der Waals surface area (Å²) in [5.74, 6) is -0.297. The van der Waals surface area contributed by atoms with E-state index in [-0.39, 0.29) is 11.5 Å². The second kappa shape index (κ2) is 5.75. The number of benzene rings is 2.